The Bertz CT molecular complexity index is 329. The number of aromatic hydroxyl groups is 1. The van der Waals surface area contributed by atoms with Crippen molar-refractivity contribution in [1.29, 1.82) is 5.26 Å². The van der Waals surface area contributed by atoms with Gasteiger partial charge in [0.05, 0.1) is 24.8 Å². The van der Waals surface area contributed by atoms with Gasteiger partial charge in [0.15, 0.2) is 0 Å². The molecule has 0 fully saturated rings. The monoisotopic (exact) mass is 179 g/mol. The zero-order chi connectivity index (χ0) is 9.84. The lowest BCUT2D eigenvalue weighted by molar-refractivity contribution is 0.263. The number of aliphatic hydroxyl groups excluding tert-OH is 2. The Morgan fingerprint density at radius 2 is 1.62 bits per heavy atom. The summed E-state index contributed by atoms with van der Waals surface area (Å²) in [6, 6.07) is 4.64. The fourth-order valence-corrected chi connectivity index (χ4v) is 1.07. The summed E-state index contributed by atoms with van der Waals surface area (Å²) in [5.41, 5.74) is 0.817. The highest BCUT2D eigenvalue weighted by Crippen LogP contribution is 2.24. The molecular formula is C9H9NO3. The van der Waals surface area contributed by atoms with E-state index in [4.69, 9.17) is 15.5 Å². The van der Waals surface area contributed by atoms with E-state index in [0.717, 1.165) is 0 Å². The van der Waals surface area contributed by atoms with E-state index in [1.807, 2.05) is 6.07 Å². The molecule has 0 saturated heterocycles. The van der Waals surface area contributed by atoms with Crippen LogP contribution in [0.2, 0.25) is 0 Å². The average Bonchev–Trinajstić information content (AvgIpc) is 2.18. The molecule has 0 unspecified atom stereocenters. The third kappa shape index (κ3) is 1.78. The molecule has 13 heavy (non-hydrogen) atoms. The van der Waals surface area contributed by atoms with Crippen molar-refractivity contribution in [3.63, 3.8) is 0 Å². The summed E-state index contributed by atoms with van der Waals surface area (Å²) in [4.78, 5) is 0. The van der Waals surface area contributed by atoms with Crippen LogP contribution in [0.4, 0.5) is 0 Å². The molecule has 0 saturated carbocycles. The van der Waals surface area contributed by atoms with Crippen LogP contribution in [0.25, 0.3) is 0 Å². The summed E-state index contributed by atoms with van der Waals surface area (Å²) in [5.74, 6) is -0.149. The molecule has 0 aliphatic heterocycles. The lowest BCUT2D eigenvalue weighted by Gasteiger charge is -2.06. The molecule has 4 heteroatoms. The molecule has 0 aromatic heterocycles. The number of hydrogen-bond donors (Lipinski definition) is 3. The van der Waals surface area contributed by atoms with E-state index in [9.17, 15) is 5.11 Å². The Kier molecular flexibility index (Phi) is 2.85. The van der Waals surface area contributed by atoms with E-state index in [1.54, 1.807) is 0 Å². The average molecular weight is 179 g/mol. The molecule has 0 radical (unpaired) electrons. The van der Waals surface area contributed by atoms with Crippen molar-refractivity contribution in [2.45, 2.75) is 13.2 Å². The number of hydrogen-bond acceptors (Lipinski definition) is 4. The zero-order valence-electron chi connectivity index (χ0n) is 6.86. The van der Waals surface area contributed by atoms with Gasteiger partial charge in [-0.15, -0.1) is 0 Å². The van der Waals surface area contributed by atoms with E-state index in [2.05, 4.69) is 0 Å². The van der Waals surface area contributed by atoms with Gasteiger partial charge in [-0.25, -0.2) is 0 Å². The van der Waals surface area contributed by atoms with Gasteiger partial charge in [0.25, 0.3) is 0 Å². The van der Waals surface area contributed by atoms with Crippen LogP contribution in [0.5, 0.6) is 5.75 Å². The van der Waals surface area contributed by atoms with Crippen LogP contribution >= 0.6 is 0 Å². The van der Waals surface area contributed by atoms with E-state index >= 15 is 0 Å². The van der Waals surface area contributed by atoms with Gasteiger partial charge < -0.3 is 15.3 Å². The van der Waals surface area contributed by atoms with Crippen LogP contribution in [0, 0.1) is 11.3 Å². The summed E-state index contributed by atoms with van der Waals surface area (Å²) in [5, 5.41) is 35.6. The van der Waals surface area contributed by atoms with Crippen molar-refractivity contribution in [3.05, 3.63) is 28.8 Å². The maximum absolute atomic E-state index is 9.38. The van der Waals surface area contributed by atoms with Crippen LogP contribution in [-0.2, 0) is 13.2 Å². The van der Waals surface area contributed by atoms with Gasteiger partial charge in [-0.2, -0.15) is 5.26 Å². The van der Waals surface area contributed by atoms with Crippen molar-refractivity contribution in [1.82, 2.24) is 0 Å². The first-order valence-corrected chi connectivity index (χ1v) is 3.69. The molecule has 0 heterocycles. The Balaban J connectivity index is 3.30. The van der Waals surface area contributed by atoms with Crippen molar-refractivity contribution < 1.29 is 15.3 Å². The third-order valence-electron chi connectivity index (χ3n) is 1.74. The fraction of sp³-hybridized carbons (Fsp3) is 0.222. The summed E-state index contributed by atoms with van der Waals surface area (Å²) >= 11 is 0. The summed E-state index contributed by atoms with van der Waals surface area (Å²) in [6.07, 6.45) is 0. The van der Waals surface area contributed by atoms with Gasteiger partial charge in [0.2, 0.25) is 0 Å². The van der Waals surface area contributed by atoms with E-state index < -0.39 is 0 Å². The zero-order valence-corrected chi connectivity index (χ0v) is 6.86. The number of nitrogens with zero attached hydrogens (tertiary/aromatic N) is 1. The molecule has 3 N–H and O–H groups in total. The molecule has 68 valence electrons. The second kappa shape index (κ2) is 3.90. The highest BCUT2D eigenvalue weighted by atomic mass is 16.3. The van der Waals surface area contributed by atoms with Gasteiger partial charge in [-0.05, 0) is 12.1 Å². The number of nitriles is 1. The standard InChI is InChI=1S/C9H9NO3/c10-3-6-1-7(4-11)9(13)8(2-6)5-12/h1-2,11-13H,4-5H2. The molecule has 0 amide bonds. The first kappa shape index (κ1) is 9.52. The number of aliphatic hydroxyl groups is 2. The summed E-state index contributed by atoms with van der Waals surface area (Å²) in [7, 11) is 0. The summed E-state index contributed by atoms with van der Waals surface area (Å²) < 4.78 is 0. The predicted octanol–water partition coefficient (Wildman–Crippen LogP) is 0.248. The molecule has 1 aromatic carbocycles. The van der Waals surface area contributed by atoms with E-state index in [0.29, 0.717) is 5.56 Å². The highest BCUT2D eigenvalue weighted by molar-refractivity contribution is 5.46. The molecule has 0 atom stereocenters. The molecule has 0 aliphatic rings. The SMILES string of the molecule is N#Cc1cc(CO)c(O)c(CO)c1. The van der Waals surface area contributed by atoms with E-state index in [-0.39, 0.29) is 30.1 Å². The smallest absolute Gasteiger partial charge is 0.126 e. The van der Waals surface area contributed by atoms with Crippen molar-refractivity contribution >= 4 is 0 Å². The highest BCUT2D eigenvalue weighted by Gasteiger charge is 2.07. The minimum atomic E-state index is -0.353. The van der Waals surface area contributed by atoms with Gasteiger partial charge in [0, 0.05) is 11.1 Å². The Morgan fingerprint density at radius 1 is 1.15 bits per heavy atom. The second-order valence-corrected chi connectivity index (χ2v) is 2.57. The Morgan fingerprint density at radius 3 is 1.92 bits per heavy atom. The van der Waals surface area contributed by atoms with Crippen molar-refractivity contribution in [3.8, 4) is 11.8 Å². The quantitative estimate of drug-likeness (QED) is 0.607. The van der Waals surface area contributed by atoms with Crippen LogP contribution in [0.3, 0.4) is 0 Å². The molecule has 0 spiro atoms. The van der Waals surface area contributed by atoms with Crippen LogP contribution in [0.1, 0.15) is 16.7 Å². The second-order valence-electron chi connectivity index (χ2n) is 2.57. The lowest BCUT2D eigenvalue weighted by Crippen LogP contribution is -1.93. The Hall–Kier alpha value is -1.57. The van der Waals surface area contributed by atoms with E-state index in [1.165, 1.54) is 12.1 Å². The molecule has 0 aliphatic carbocycles. The maximum atomic E-state index is 9.38. The van der Waals surface area contributed by atoms with Crippen molar-refractivity contribution in [2.75, 3.05) is 0 Å². The van der Waals surface area contributed by atoms with Crippen LogP contribution in [0.15, 0.2) is 12.1 Å². The summed E-state index contributed by atoms with van der Waals surface area (Å²) in [6.45, 7) is -0.706. The topological polar surface area (TPSA) is 84.5 Å². The molecule has 4 nitrogen and oxygen atoms in total. The van der Waals surface area contributed by atoms with Crippen LogP contribution in [-0.4, -0.2) is 15.3 Å². The number of rotatable bonds is 2. The number of phenols is 1. The minimum absolute atomic E-state index is 0.149. The molecule has 0 bridgehead atoms. The first-order valence-electron chi connectivity index (χ1n) is 3.69. The van der Waals surface area contributed by atoms with Gasteiger partial charge >= 0.3 is 0 Å². The minimum Gasteiger partial charge on any atom is -0.507 e. The fourth-order valence-electron chi connectivity index (χ4n) is 1.07. The maximum Gasteiger partial charge on any atom is 0.126 e. The van der Waals surface area contributed by atoms with Gasteiger partial charge in [-0.3, -0.25) is 0 Å². The third-order valence-corrected chi connectivity index (χ3v) is 1.74. The molecule has 1 rings (SSSR count). The molecule has 1 aromatic rings. The van der Waals surface area contributed by atoms with Gasteiger partial charge in [0.1, 0.15) is 5.75 Å². The predicted molar refractivity (Wildman–Crippen MR) is 44.7 cm³/mol. The molecular weight excluding hydrogens is 170 g/mol. The van der Waals surface area contributed by atoms with Crippen molar-refractivity contribution in [2.24, 2.45) is 0 Å². The first-order chi connectivity index (χ1) is 6.22. The largest absolute Gasteiger partial charge is 0.507 e. The normalized spacial score (nSPS) is 9.62. The van der Waals surface area contributed by atoms with Gasteiger partial charge in [-0.1, -0.05) is 0 Å². The number of benzene rings is 1. The Labute approximate surface area is 75.3 Å². The lowest BCUT2D eigenvalue weighted by atomic mass is 10.1. The van der Waals surface area contributed by atoms with Crippen LogP contribution < -0.4 is 0 Å².